The highest BCUT2D eigenvalue weighted by molar-refractivity contribution is 6.31. The van der Waals surface area contributed by atoms with Crippen molar-refractivity contribution in [1.82, 2.24) is 0 Å². The maximum atomic E-state index is 11.0. The zero-order valence-corrected chi connectivity index (χ0v) is 20.6. The lowest BCUT2D eigenvalue weighted by Gasteiger charge is -2.42. The molecule has 0 radical (unpaired) electrons. The quantitative estimate of drug-likeness (QED) is 0.274. The smallest absolute Gasteiger partial charge is 0.119 e. The predicted octanol–water partition coefficient (Wildman–Crippen LogP) is 2.00. The first-order chi connectivity index (χ1) is 16.9. The molecular weight excluding hydrogens is 476 g/mol. The summed E-state index contributed by atoms with van der Waals surface area (Å²) in [6, 6.07) is 13.1. The van der Waals surface area contributed by atoms with Gasteiger partial charge in [0.15, 0.2) is 0 Å². The van der Waals surface area contributed by atoms with Crippen molar-refractivity contribution in [3.05, 3.63) is 64.2 Å². The van der Waals surface area contributed by atoms with Crippen LogP contribution in [0.5, 0.6) is 5.75 Å². The first kappa shape index (κ1) is 27.8. The second kappa shape index (κ2) is 13.5. The maximum Gasteiger partial charge on any atom is 0.119 e. The van der Waals surface area contributed by atoms with Gasteiger partial charge in [0.05, 0.1) is 25.9 Å². The van der Waals surface area contributed by atoms with Gasteiger partial charge in [-0.3, -0.25) is 0 Å². The number of halogens is 1. The Kier molecular flexibility index (Phi) is 10.8. The van der Waals surface area contributed by atoms with Crippen LogP contribution in [0, 0.1) is 0 Å². The lowest BCUT2D eigenvalue weighted by Crippen LogP contribution is -2.56. The zero-order chi connectivity index (χ0) is 25.4. The molecular formula is C26H35ClO8. The highest BCUT2D eigenvalue weighted by Crippen LogP contribution is 2.35. The number of rotatable bonds is 12. The molecule has 8 nitrogen and oxygen atoms in total. The Bertz CT molecular complexity index is 909. The van der Waals surface area contributed by atoms with Gasteiger partial charge in [0.25, 0.3) is 0 Å². The average Bonchev–Trinajstić information content (AvgIpc) is 2.86. The molecule has 9 heteroatoms. The summed E-state index contributed by atoms with van der Waals surface area (Å²) < 4.78 is 17.1. The maximum absolute atomic E-state index is 11.0. The van der Waals surface area contributed by atoms with E-state index in [2.05, 4.69) is 0 Å². The van der Waals surface area contributed by atoms with Crippen LogP contribution in [0.15, 0.2) is 42.5 Å². The fraction of sp³-hybridized carbons (Fsp3) is 0.538. The summed E-state index contributed by atoms with van der Waals surface area (Å²) >= 11 is 6.46. The topological polar surface area (TPSA) is 129 Å². The molecule has 2 aromatic rings. The van der Waals surface area contributed by atoms with Crippen LogP contribution in [0.4, 0.5) is 0 Å². The van der Waals surface area contributed by atoms with Crippen molar-refractivity contribution >= 4 is 11.6 Å². The van der Waals surface area contributed by atoms with Crippen molar-refractivity contribution in [2.24, 2.45) is 0 Å². The van der Waals surface area contributed by atoms with Gasteiger partial charge in [-0.2, -0.15) is 0 Å². The van der Waals surface area contributed by atoms with Crippen molar-refractivity contribution in [3.8, 4) is 5.75 Å². The molecule has 1 heterocycles. The van der Waals surface area contributed by atoms with E-state index < -0.39 is 43.2 Å². The fourth-order valence-corrected chi connectivity index (χ4v) is 4.37. The van der Waals surface area contributed by atoms with E-state index >= 15 is 0 Å². The van der Waals surface area contributed by atoms with Gasteiger partial charge in [0.2, 0.25) is 0 Å². The van der Waals surface area contributed by atoms with E-state index in [0.717, 1.165) is 16.9 Å². The number of ether oxygens (including phenoxy) is 3. The Morgan fingerprint density at radius 1 is 1.06 bits per heavy atom. The monoisotopic (exact) mass is 510 g/mol. The van der Waals surface area contributed by atoms with Gasteiger partial charge in [0, 0.05) is 11.6 Å². The van der Waals surface area contributed by atoms with Crippen LogP contribution >= 0.6 is 11.6 Å². The number of hydrogen-bond acceptors (Lipinski definition) is 8. The highest BCUT2D eigenvalue weighted by atomic mass is 35.5. The predicted molar refractivity (Wildman–Crippen MR) is 131 cm³/mol. The van der Waals surface area contributed by atoms with Crippen LogP contribution < -0.4 is 4.74 Å². The molecule has 0 aromatic heterocycles. The molecule has 1 fully saturated rings. The van der Waals surface area contributed by atoms with Crippen LogP contribution in [-0.2, 0) is 15.9 Å². The zero-order valence-electron chi connectivity index (χ0n) is 19.8. The van der Waals surface area contributed by atoms with Gasteiger partial charge in [-0.1, -0.05) is 35.9 Å². The third-order valence-electron chi connectivity index (χ3n) is 6.10. The molecule has 0 bridgehead atoms. The van der Waals surface area contributed by atoms with Crippen molar-refractivity contribution in [1.29, 1.82) is 0 Å². The Morgan fingerprint density at radius 2 is 1.80 bits per heavy atom. The standard InChI is InChI=1S/C26H35ClO8/c1-2-33-20-8-5-16(6-9-20)12-18-13-17(7-10-21(18)27)25-24(32)26(23(31)22(15-29)35-25)34-11-3-4-19(30)14-28/h5-10,13,19,22-26,28-32H,2-4,11-12,14-15H2,1H3/t19?,22-,23-,24+,25+,26+/m1/s1. The second-order valence-electron chi connectivity index (χ2n) is 8.68. The molecule has 5 N–H and O–H groups in total. The van der Waals surface area contributed by atoms with Crippen LogP contribution in [0.3, 0.4) is 0 Å². The van der Waals surface area contributed by atoms with Gasteiger partial charge < -0.3 is 39.7 Å². The minimum Gasteiger partial charge on any atom is -0.494 e. The number of aliphatic hydroxyl groups excluding tert-OH is 5. The van der Waals surface area contributed by atoms with E-state index in [0.29, 0.717) is 36.5 Å². The molecule has 0 aliphatic carbocycles. The van der Waals surface area contributed by atoms with Crippen molar-refractivity contribution in [3.63, 3.8) is 0 Å². The molecule has 194 valence electrons. The number of hydrogen-bond donors (Lipinski definition) is 5. The minimum absolute atomic E-state index is 0.157. The van der Waals surface area contributed by atoms with Gasteiger partial charge in [-0.15, -0.1) is 0 Å². The normalized spacial score (nSPS) is 25.4. The van der Waals surface area contributed by atoms with E-state index in [4.69, 9.17) is 30.9 Å². The molecule has 0 saturated carbocycles. The molecule has 0 amide bonds. The van der Waals surface area contributed by atoms with E-state index in [1.807, 2.05) is 37.3 Å². The van der Waals surface area contributed by atoms with Crippen molar-refractivity contribution in [2.45, 2.75) is 62.8 Å². The first-order valence-electron chi connectivity index (χ1n) is 11.9. The third-order valence-corrected chi connectivity index (χ3v) is 6.46. The Labute approximate surface area is 210 Å². The van der Waals surface area contributed by atoms with Gasteiger partial charge in [-0.25, -0.2) is 0 Å². The third kappa shape index (κ3) is 7.38. The Morgan fingerprint density at radius 3 is 2.46 bits per heavy atom. The summed E-state index contributed by atoms with van der Waals surface area (Å²) in [7, 11) is 0. The molecule has 3 rings (SSSR count). The largest absolute Gasteiger partial charge is 0.494 e. The summed E-state index contributed by atoms with van der Waals surface area (Å²) in [6.07, 6.45) is -4.75. The van der Waals surface area contributed by atoms with Crippen molar-refractivity contribution < 1.29 is 39.7 Å². The van der Waals surface area contributed by atoms with Crippen LogP contribution in [-0.4, -0.2) is 82.5 Å². The molecule has 1 saturated heterocycles. The van der Waals surface area contributed by atoms with Crippen LogP contribution in [0.1, 0.15) is 42.6 Å². The first-order valence-corrected chi connectivity index (χ1v) is 12.3. The van der Waals surface area contributed by atoms with Crippen LogP contribution in [0.2, 0.25) is 5.02 Å². The molecule has 2 aromatic carbocycles. The minimum atomic E-state index is -1.23. The summed E-state index contributed by atoms with van der Waals surface area (Å²) in [4.78, 5) is 0. The molecule has 1 aliphatic heterocycles. The van der Waals surface area contributed by atoms with E-state index in [-0.39, 0.29) is 13.2 Å². The van der Waals surface area contributed by atoms with Gasteiger partial charge in [-0.05, 0) is 61.1 Å². The second-order valence-corrected chi connectivity index (χ2v) is 9.08. The highest BCUT2D eigenvalue weighted by Gasteiger charge is 2.45. The number of aliphatic hydroxyl groups is 5. The lowest BCUT2D eigenvalue weighted by atomic mass is 9.90. The summed E-state index contributed by atoms with van der Waals surface area (Å²) in [5.74, 6) is 0.792. The van der Waals surface area contributed by atoms with Gasteiger partial charge in [0.1, 0.15) is 36.3 Å². The number of benzene rings is 2. The van der Waals surface area contributed by atoms with Crippen LogP contribution in [0.25, 0.3) is 0 Å². The Hall–Kier alpha value is -1.75. The molecule has 0 spiro atoms. The van der Waals surface area contributed by atoms with E-state index in [1.165, 1.54) is 0 Å². The van der Waals surface area contributed by atoms with Gasteiger partial charge >= 0.3 is 0 Å². The molecule has 1 aliphatic rings. The Balaban J connectivity index is 1.75. The van der Waals surface area contributed by atoms with Crippen molar-refractivity contribution in [2.75, 3.05) is 26.4 Å². The SMILES string of the molecule is CCOc1ccc(Cc2cc([C@@H]3O[C@H](CO)[C@@H](O)[C@H](OCCCC(O)CO)[C@H]3O)ccc2Cl)cc1. The van der Waals surface area contributed by atoms with E-state index in [1.54, 1.807) is 12.1 Å². The summed E-state index contributed by atoms with van der Waals surface area (Å²) in [6.45, 7) is 1.89. The molecule has 6 atom stereocenters. The fourth-order valence-electron chi connectivity index (χ4n) is 4.19. The van der Waals surface area contributed by atoms with E-state index in [9.17, 15) is 20.4 Å². The lowest BCUT2D eigenvalue weighted by molar-refractivity contribution is -0.244. The molecule has 1 unspecified atom stereocenters. The molecule has 35 heavy (non-hydrogen) atoms. The summed E-state index contributed by atoms with van der Waals surface area (Å²) in [5.41, 5.74) is 2.52. The average molecular weight is 511 g/mol. The summed E-state index contributed by atoms with van der Waals surface area (Å²) in [5, 5.41) is 50.3.